The van der Waals surface area contributed by atoms with Gasteiger partial charge in [-0.25, -0.2) is 10.4 Å². The number of hydrazone groups is 1. The molecule has 3 aromatic carbocycles. The number of aromatic nitrogens is 2. The zero-order valence-electron chi connectivity index (χ0n) is 21.3. The van der Waals surface area contributed by atoms with E-state index in [4.69, 9.17) is 18.9 Å². The van der Waals surface area contributed by atoms with E-state index in [0.29, 0.717) is 50.3 Å². The largest absolute Gasteiger partial charge is 0.497 e. The van der Waals surface area contributed by atoms with E-state index >= 15 is 0 Å². The average molecular weight is 535 g/mol. The summed E-state index contributed by atoms with van der Waals surface area (Å²) >= 11 is 1.12. The Labute approximate surface area is 223 Å². The smallest absolute Gasteiger partial charge is 0.266 e. The van der Waals surface area contributed by atoms with Crippen molar-refractivity contribution in [3.63, 3.8) is 0 Å². The van der Waals surface area contributed by atoms with Crippen molar-refractivity contribution < 1.29 is 23.7 Å². The van der Waals surface area contributed by atoms with Crippen molar-refractivity contribution in [2.45, 2.75) is 5.16 Å². The van der Waals surface area contributed by atoms with Crippen LogP contribution in [0.5, 0.6) is 23.0 Å². The van der Waals surface area contributed by atoms with Crippen LogP contribution in [-0.2, 0) is 4.79 Å². The van der Waals surface area contributed by atoms with Gasteiger partial charge >= 0.3 is 0 Å². The monoisotopic (exact) mass is 534 g/mol. The van der Waals surface area contributed by atoms with Crippen molar-refractivity contribution in [2.75, 3.05) is 34.2 Å². The van der Waals surface area contributed by atoms with E-state index in [1.54, 1.807) is 68.8 Å². The van der Waals surface area contributed by atoms with Gasteiger partial charge in [-0.2, -0.15) is 5.10 Å². The predicted octanol–water partition coefficient (Wildman–Crippen LogP) is 3.66. The number of nitrogens with zero attached hydrogens (tertiary/aromatic N) is 3. The highest BCUT2D eigenvalue weighted by Crippen LogP contribution is 2.32. The number of thioether (sulfide) groups is 1. The molecule has 0 saturated carbocycles. The highest BCUT2D eigenvalue weighted by Gasteiger charge is 2.15. The fourth-order valence-electron chi connectivity index (χ4n) is 3.66. The minimum Gasteiger partial charge on any atom is -0.497 e. The topological polar surface area (TPSA) is 113 Å². The number of amides is 1. The van der Waals surface area contributed by atoms with Crippen molar-refractivity contribution in [3.05, 3.63) is 76.6 Å². The summed E-state index contributed by atoms with van der Waals surface area (Å²) in [5.74, 6) is 1.74. The van der Waals surface area contributed by atoms with E-state index in [9.17, 15) is 9.59 Å². The number of carbonyl (C=O) groups excluding carboxylic acids is 1. The average Bonchev–Trinajstić information content (AvgIpc) is 2.96. The molecule has 0 aliphatic heterocycles. The number of methoxy groups -OCH3 is 4. The number of benzene rings is 3. The van der Waals surface area contributed by atoms with Gasteiger partial charge in [0.1, 0.15) is 23.0 Å². The van der Waals surface area contributed by atoms with Gasteiger partial charge in [-0.3, -0.25) is 14.2 Å². The van der Waals surface area contributed by atoms with Gasteiger partial charge in [-0.1, -0.05) is 23.9 Å². The van der Waals surface area contributed by atoms with E-state index in [0.717, 1.165) is 11.8 Å². The van der Waals surface area contributed by atoms with Crippen molar-refractivity contribution in [1.29, 1.82) is 0 Å². The summed E-state index contributed by atoms with van der Waals surface area (Å²) in [4.78, 5) is 30.6. The van der Waals surface area contributed by atoms with Crippen LogP contribution in [0.15, 0.2) is 75.7 Å². The Morgan fingerprint density at radius 3 is 2.24 bits per heavy atom. The Kier molecular flexibility index (Phi) is 8.49. The molecule has 1 heterocycles. The summed E-state index contributed by atoms with van der Waals surface area (Å²) in [6, 6.07) is 17.5. The molecular weight excluding hydrogens is 508 g/mol. The molecule has 0 fully saturated rings. The first-order chi connectivity index (χ1) is 18.5. The standard InChI is InChI=1S/C27H26N4O6S/c1-34-18-11-9-17(10-12-18)31-26(33)20-7-5-6-8-22(20)29-27(31)38-16-25(32)30-28-15-21-23(36-3)13-19(35-2)14-24(21)37-4/h5-15H,16H2,1-4H3,(H,30,32)/b28-15-. The summed E-state index contributed by atoms with van der Waals surface area (Å²) in [5, 5.41) is 4.90. The summed E-state index contributed by atoms with van der Waals surface area (Å²) in [6.45, 7) is 0. The molecule has 0 aliphatic carbocycles. The molecule has 1 amide bonds. The van der Waals surface area contributed by atoms with Gasteiger partial charge in [0, 0.05) is 12.1 Å². The summed E-state index contributed by atoms with van der Waals surface area (Å²) in [6.07, 6.45) is 1.43. The van der Waals surface area contributed by atoms with Gasteiger partial charge in [0.2, 0.25) is 0 Å². The van der Waals surface area contributed by atoms with E-state index in [1.165, 1.54) is 25.0 Å². The van der Waals surface area contributed by atoms with E-state index in [1.807, 2.05) is 6.07 Å². The van der Waals surface area contributed by atoms with Crippen LogP contribution in [0.4, 0.5) is 0 Å². The maximum atomic E-state index is 13.4. The molecule has 0 spiro atoms. The summed E-state index contributed by atoms with van der Waals surface area (Å²) in [7, 11) is 6.14. The molecule has 196 valence electrons. The first-order valence-electron chi connectivity index (χ1n) is 11.4. The first-order valence-corrected chi connectivity index (χ1v) is 12.4. The molecule has 0 atom stereocenters. The minimum atomic E-state index is -0.388. The molecular formula is C27H26N4O6S. The number of hydrogen-bond donors (Lipinski definition) is 1. The third-order valence-electron chi connectivity index (χ3n) is 5.54. The lowest BCUT2D eigenvalue weighted by molar-refractivity contribution is -0.118. The number of nitrogens with one attached hydrogen (secondary N) is 1. The minimum absolute atomic E-state index is 0.0326. The van der Waals surface area contributed by atoms with Crippen LogP contribution in [0.25, 0.3) is 16.6 Å². The molecule has 0 radical (unpaired) electrons. The second kappa shape index (κ2) is 12.2. The number of rotatable bonds is 10. The fraction of sp³-hybridized carbons (Fsp3) is 0.185. The van der Waals surface area contributed by atoms with E-state index < -0.39 is 0 Å². The van der Waals surface area contributed by atoms with Crippen LogP contribution in [0.1, 0.15) is 5.56 Å². The Morgan fingerprint density at radius 2 is 1.61 bits per heavy atom. The normalized spacial score (nSPS) is 10.9. The third kappa shape index (κ3) is 5.73. The number of fused-ring (bicyclic) bond motifs is 1. The van der Waals surface area contributed by atoms with Gasteiger partial charge in [0.05, 0.1) is 62.6 Å². The molecule has 4 aromatic rings. The maximum absolute atomic E-state index is 13.4. The Morgan fingerprint density at radius 1 is 0.947 bits per heavy atom. The lowest BCUT2D eigenvalue weighted by atomic mass is 10.2. The third-order valence-corrected chi connectivity index (χ3v) is 6.48. The van der Waals surface area contributed by atoms with Crippen LogP contribution in [0.3, 0.4) is 0 Å². The second-order valence-electron chi connectivity index (χ2n) is 7.78. The molecule has 11 heteroatoms. The van der Waals surface area contributed by atoms with Gasteiger partial charge in [0.15, 0.2) is 5.16 Å². The summed E-state index contributed by atoms with van der Waals surface area (Å²) in [5.41, 5.74) is 3.94. The molecule has 0 aliphatic rings. The fourth-order valence-corrected chi connectivity index (χ4v) is 4.46. The zero-order valence-corrected chi connectivity index (χ0v) is 22.1. The van der Waals surface area contributed by atoms with E-state index in [2.05, 4.69) is 15.5 Å². The Hall–Kier alpha value is -4.51. The zero-order chi connectivity index (χ0) is 27.1. The summed E-state index contributed by atoms with van der Waals surface area (Å²) < 4.78 is 22.7. The molecule has 0 bridgehead atoms. The van der Waals surface area contributed by atoms with Crippen molar-refractivity contribution in [1.82, 2.24) is 15.0 Å². The number of carbonyl (C=O) groups is 1. The molecule has 4 rings (SSSR count). The lowest BCUT2D eigenvalue weighted by Crippen LogP contribution is -2.24. The predicted molar refractivity (Wildman–Crippen MR) is 146 cm³/mol. The molecule has 0 saturated heterocycles. The Balaban J connectivity index is 1.56. The molecule has 1 N–H and O–H groups in total. The van der Waals surface area contributed by atoms with Crippen LogP contribution in [0.2, 0.25) is 0 Å². The van der Waals surface area contributed by atoms with Gasteiger partial charge in [-0.15, -0.1) is 0 Å². The van der Waals surface area contributed by atoms with Gasteiger partial charge in [0.25, 0.3) is 11.5 Å². The van der Waals surface area contributed by atoms with Gasteiger partial charge < -0.3 is 18.9 Å². The highest BCUT2D eigenvalue weighted by molar-refractivity contribution is 7.99. The number of ether oxygens (including phenoxy) is 4. The SMILES string of the molecule is COc1ccc(-n2c(SCC(=O)N/N=C\c3c(OC)cc(OC)cc3OC)nc3ccccc3c2=O)cc1. The van der Waals surface area contributed by atoms with Crippen molar-refractivity contribution >= 4 is 34.8 Å². The van der Waals surface area contributed by atoms with Crippen LogP contribution < -0.4 is 29.9 Å². The van der Waals surface area contributed by atoms with Crippen LogP contribution in [0, 0.1) is 0 Å². The quantitative estimate of drug-likeness (QED) is 0.142. The molecule has 38 heavy (non-hydrogen) atoms. The first kappa shape index (κ1) is 26.6. The Bertz CT molecular complexity index is 1510. The second-order valence-corrected chi connectivity index (χ2v) is 8.72. The number of para-hydroxylation sites is 1. The molecule has 1 aromatic heterocycles. The lowest BCUT2D eigenvalue weighted by Gasteiger charge is -2.13. The molecule has 10 nitrogen and oxygen atoms in total. The van der Waals surface area contributed by atoms with Crippen LogP contribution >= 0.6 is 11.8 Å². The highest BCUT2D eigenvalue weighted by atomic mass is 32.2. The number of hydrogen-bond acceptors (Lipinski definition) is 9. The molecule has 0 unspecified atom stereocenters. The van der Waals surface area contributed by atoms with Crippen molar-refractivity contribution in [3.8, 4) is 28.7 Å². The maximum Gasteiger partial charge on any atom is 0.266 e. The van der Waals surface area contributed by atoms with Gasteiger partial charge in [-0.05, 0) is 36.4 Å². The van der Waals surface area contributed by atoms with Crippen molar-refractivity contribution in [2.24, 2.45) is 5.10 Å². The van der Waals surface area contributed by atoms with E-state index in [-0.39, 0.29) is 17.2 Å². The van der Waals surface area contributed by atoms with Crippen LogP contribution in [-0.4, -0.2) is 55.9 Å².